The fraction of sp³-hybridized carbons (Fsp3) is 1.00. The summed E-state index contributed by atoms with van der Waals surface area (Å²) < 4.78 is 46.7. The number of piperidine rings is 1. The van der Waals surface area contributed by atoms with Crippen molar-refractivity contribution < 1.29 is 16.8 Å². The summed E-state index contributed by atoms with van der Waals surface area (Å²) in [7, 11) is -5.78. The van der Waals surface area contributed by atoms with Gasteiger partial charge in [0.1, 0.15) is 0 Å². The minimum Gasteiger partial charge on any atom is -0.314 e. The molecule has 0 spiro atoms. The average molecular weight is 298 g/mol. The second-order valence-corrected chi connectivity index (χ2v) is 9.49. The van der Waals surface area contributed by atoms with E-state index in [2.05, 4.69) is 5.32 Å². The van der Waals surface area contributed by atoms with E-state index in [0.717, 1.165) is 36.4 Å². The second-order valence-electron chi connectivity index (χ2n) is 4.91. The van der Waals surface area contributed by atoms with Gasteiger partial charge in [-0.2, -0.15) is 0 Å². The topological polar surface area (TPSA) is 83.6 Å². The highest BCUT2D eigenvalue weighted by atomic mass is 32.3. The van der Waals surface area contributed by atoms with E-state index in [1.807, 2.05) is 0 Å². The molecular weight excluding hydrogens is 276 g/mol. The molecule has 0 aromatic heterocycles. The van der Waals surface area contributed by atoms with Crippen LogP contribution in [-0.4, -0.2) is 58.7 Å². The summed E-state index contributed by atoms with van der Waals surface area (Å²) in [4.78, 5) is 0. The Morgan fingerprint density at radius 2 is 1.89 bits per heavy atom. The van der Waals surface area contributed by atoms with Gasteiger partial charge in [-0.15, -0.1) is 0 Å². The van der Waals surface area contributed by atoms with Gasteiger partial charge in [-0.05, 0) is 25.8 Å². The number of rotatable bonds is 6. The van der Waals surface area contributed by atoms with Gasteiger partial charge >= 0.3 is 0 Å². The Bertz CT molecular complexity index is 452. The molecule has 0 bridgehead atoms. The van der Waals surface area contributed by atoms with Crippen LogP contribution in [0.1, 0.15) is 25.7 Å². The number of hydrogen-bond donors (Lipinski definition) is 1. The van der Waals surface area contributed by atoms with Gasteiger partial charge in [-0.3, -0.25) is 0 Å². The van der Waals surface area contributed by atoms with E-state index in [9.17, 15) is 16.8 Å². The predicted molar refractivity (Wildman–Crippen MR) is 71.5 cm³/mol. The lowest BCUT2D eigenvalue weighted by atomic mass is 10.0. The number of nitrogens with zero attached hydrogens (tertiary/aromatic N) is 1. The third kappa shape index (κ3) is 5.64. The largest absolute Gasteiger partial charge is 0.314 e. The fourth-order valence-electron chi connectivity index (χ4n) is 2.01. The second kappa shape index (κ2) is 6.31. The lowest BCUT2D eigenvalue weighted by molar-refractivity contribution is 0.352. The highest BCUT2D eigenvalue weighted by molar-refractivity contribution is 8.06. The van der Waals surface area contributed by atoms with Crippen molar-refractivity contribution in [3.05, 3.63) is 0 Å². The number of sulfone groups is 1. The molecule has 1 atom stereocenters. The van der Waals surface area contributed by atoms with Gasteiger partial charge in [0.05, 0.1) is 0 Å². The van der Waals surface area contributed by atoms with Crippen LogP contribution in [0.15, 0.2) is 0 Å². The lowest BCUT2D eigenvalue weighted by Gasteiger charge is -2.25. The van der Waals surface area contributed by atoms with Crippen LogP contribution >= 0.6 is 0 Å². The van der Waals surface area contributed by atoms with E-state index in [-0.39, 0.29) is 0 Å². The zero-order valence-corrected chi connectivity index (χ0v) is 12.6. The summed E-state index contributed by atoms with van der Waals surface area (Å²) in [6.45, 7) is 1.33. The van der Waals surface area contributed by atoms with Gasteiger partial charge in [0.2, 0.25) is 10.0 Å². The third-order valence-corrected chi connectivity index (χ3v) is 7.08. The molecule has 1 unspecified atom stereocenters. The molecule has 0 aromatic rings. The summed E-state index contributed by atoms with van der Waals surface area (Å²) in [6.07, 6.45) is 5.04. The lowest BCUT2D eigenvalue weighted by Crippen LogP contribution is -2.39. The molecule has 8 heteroatoms. The van der Waals surface area contributed by atoms with Crippen molar-refractivity contribution in [2.75, 3.05) is 31.5 Å². The fourth-order valence-corrected chi connectivity index (χ4v) is 5.28. The van der Waals surface area contributed by atoms with E-state index in [0.29, 0.717) is 12.6 Å². The number of sulfonamides is 1. The molecule has 18 heavy (non-hydrogen) atoms. The van der Waals surface area contributed by atoms with Crippen LogP contribution in [0.2, 0.25) is 0 Å². The van der Waals surface area contributed by atoms with E-state index in [1.54, 1.807) is 0 Å². The first-order valence-electron chi connectivity index (χ1n) is 6.06. The van der Waals surface area contributed by atoms with Crippen molar-refractivity contribution in [2.24, 2.45) is 0 Å². The van der Waals surface area contributed by atoms with Crippen molar-refractivity contribution in [3.8, 4) is 0 Å². The van der Waals surface area contributed by atoms with Crippen molar-refractivity contribution >= 4 is 19.9 Å². The normalized spacial score (nSPS) is 22.3. The number of nitrogens with one attached hydrogen (secondary N) is 1. The Hall–Kier alpha value is -0.180. The molecule has 1 heterocycles. The first-order valence-corrected chi connectivity index (χ1v) is 9.73. The summed E-state index contributed by atoms with van der Waals surface area (Å²) in [6, 6.07) is 0.342. The van der Waals surface area contributed by atoms with Gasteiger partial charge < -0.3 is 5.32 Å². The first-order chi connectivity index (χ1) is 8.21. The maximum atomic E-state index is 11.7. The first kappa shape index (κ1) is 15.9. The highest BCUT2D eigenvalue weighted by Gasteiger charge is 2.24. The van der Waals surface area contributed by atoms with Crippen LogP contribution in [0.3, 0.4) is 0 Å². The maximum Gasteiger partial charge on any atom is 0.228 e. The monoisotopic (exact) mass is 298 g/mol. The van der Waals surface area contributed by atoms with Crippen molar-refractivity contribution in [3.63, 3.8) is 0 Å². The molecule has 1 rings (SSSR count). The standard InChI is InChI=1S/C10H22N2O4S2/c1-12(18(15,16)9-17(2,13)14)8-6-10-5-3-4-7-11-10/h10-11H,3-9H2,1-2H3. The SMILES string of the molecule is CN(CCC1CCCCN1)S(=O)(=O)CS(C)(=O)=O. The minimum atomic E-state index is -3.70. The molecule has 1 aliphatic rings. The van der Waals surface area contributed by atoms with Crippen LogP contribution in [0, 0.1) is 0 Å². The quantitative estimate of drug-likeness (QED) is 0.733. The molecule has 0 saturated carbocycles. The predicted octanol–water partition coefficient (Wildman–Crippen LogP) is -0.218. The van der Waals surface area contributed by atoms with Crippen molar-refractivity contribution in [1.29, 1.82) is 0 Å². The molecule has 0 aromatic carbocycles. The van der Waals surface area contributed by atoms with Crippen LogP contribution in [0.4, 0.5) is 0 Å². The maximum absolute atomic E-state index is 11.7. The average Bonchev–Trinajstić information content (AvgIpc) is 2.24. The van der Waals surface area contributed by atoms with Gasteiger partial charge in [0, 0.05) is 25.9 Å². The van der Waals surface area contributed by atoms with E-state index in [4.69, 9.17) is 0 Å². The Morgan fingerprint density at radius 3 is 2.39 bits per heavy atom. The van der Waals surface area contributed by atoms with E-state index < -0.39 is 24.9 Å². The van der Waals surface area contributed by atoms with Crippen molar-refractivity contribution in [2.45, 2.75) is 31.7 Å². The summed E-state index contributed by atoms with van der Waals surface area (Å²) in [5.41, 5.74) is 0. The van der Waals surface area contributed by atoms with Crippen LogP contribution in [0.25, 0.3) is 0 Å². The molecule has 6 nitrogen and oxygen atoms in total. The summed E-state index contributed by atoms with van der Waals surface area (Å²) >= 11 is 0. The zero-order chi connectivity index (χ0) is 13.8. The Balaban J connectivity index is 2.46. The van der Waals surface area contributed by atoms with Crippen LogP contribution in [0.5, 0.6) is 0 Å². The molecular formula is C10H22N2O4S2. The molecule has 108 valence electrons. The Kier molecular flexibility index (Phi) is 5.57. The molecule has 1 fully saturated rings. The molecule has 0 radical (unpaired) electrons. The van der Waals surface area contributed by atoms with Gasteiger partial charge in [-0.25, -0.2) is 21.1 Å². The highest BCUT2D eigenvalue weighted by Crippen LogP contribution is 2.11. The van der Waals surface area contributed by atoms with Gasteiger partial charge in [-0.1, -0.05) is 6.42 Å². The number of hydrogen-bond acceptors (Lipinski definition) is 5. The molecule has 0 amide bonds. The van der Waals surface area contributed by atoms with E-state index in [1.165, 1.54) is 13.5 Å². The van der Waals surface area contributed by atoms with Crippen LogP contribution in [-0.2, 0) is 19.9 Å². The van der Waals surface area contributed by atoms with E-state index >= 15 is 0 Å². The molecule has 1 saturated heterocycles. The minimum absolute atomic E-state index is 0.342. The third-order valence-electron chi connectivity index (χ3n) is 3.04. The van der Waals surface area contributed by atoms with Gasteiger partial charge in [0.25, 0.3) is 0 Å². The molecule has 0 aliphatic carbocycles. The zero-order valence-electron chi connectivity index (χ0n) is 10.9. The summed E-state index contributed by atoms with van der Waals surface area (Å²) in [5.74, 6) is 0. The Labute approximate surface area is 110 Å². The molecule has 1 aliphatic heterocycles. The van der Waals surface area contributed by atoms with Crippen molar-refractivity contribution in [1.82, 2.24) is 9.62 Å². The van der Waals surface area contributed by atoms with Gasteiger partial charge in [0.15, 0.2) is 14.9 Å². The smallest absolute Gasteiger partial charge is 0.228 e. The Morgan fingerprint density at radius 1 is 1.22 bits per heavy atom. The molecule has 1 N–H and O–H groups in total. The van der Waals surface area contributed by atoms with Crippen LogP contribution < -0.4 is 5.32 Å². The summed E-state index contributed by atoms with van der Waals surface area (Å²) in [5, 5.41) is 2.52.